The number of nitrogens with zero attached hydrogens (tertiary/aromatic N) is 3. The second kappa shape index (κ2) is 11.1. The molecule has 1 aromatic carbocycles. The summed E-state index contributed by atoms with van der Waals surface area (Å²) in [7, 11) is 0. The number of allylic oxidation sites excluding steroid dienone is 1. The SMILES string of the molecule is C=C(N=C/C(=C\N)C(C)(F)F)N=C(N=CN)[C@H](C)NC(=O)c1cc(C(F)(F)F)cc(C(F)(F)F)c1. The maximum Gasteiger partial charge on any atom is 0.416 e. The van der Waals surface area contributed by atoms with Crippen LogP contribution in [0.4, 0.5) is 35.1 Å². The number of amidine groups is 1. The number of rotatable bonds is 7. The number of amides is 1. The van der Waals surface area contributed by atoms with Gasteiger partial charge in [0.1, 0.15) is 5.82 Å². The van der Waals surface area contributed by atoms with Crippen molar-refractivity contribution in [2.24, 2.45) is 26.4 Å². The maximum absolute atomic E-state index is 13.3. The zero-order chi connectivity index (χ0) is 27.2. The number of nitrogens with one attached hydrogen (secondary N) is 1. The third kappa shape index (κ3) is 8.83. The highest BCUT2D eigenvalue weighted by Gasteiger charge is 2.37. The molecule has 0 radical (unpaired) electrons. The van der Waals surface area contributed by atoms with E-state index < -0.39 is 58.3 Å². The smallest absolute Gasteiger partial charge is 0.404 e. The lowest BCUT2D eigenvalue weighted by Crippen LogP contribution is -2.38. The molecule has 0 saturated heterocycles. The van der Waals surface area contributed by atoms with Crippen molar-refractivity contribution >= 4 is 24.3 Å². The predicted octanol–water partition coefficient (Wildman–Crippen LogP) is 4.27. The second-order valence-corrected chi connectivity index (χ2v) is 6.92. The molecule has 0 saturated carbocycles. The number of hydrogen-bond acceptors (Lipinski definition) is 4. The average Bonchev–Trinajstić information content (AvgIpc) is 2.71. The molecule has 0 bridgehead atoms. The Labute approximate surface area is 194 Å². The van der Waals surface area contributed by atoms with Crippen LogP contribution >= 0.6 is 0 Å². The van der Waals surface area contributed by atoms with Gasteiger partial charge in [0.05, 0.1) is 29.1 Å². The Kier molecular flexibility index (Phi) is 9.27. The molecule has 1 aromatic rings. The van der Waals surface area contributed by atoms with Crippen molar-refractivity contribution < 1.29 is 39.9 Å². The molecule has 1 atom stereocenters. The van der Waals surface area contributed by atoms with E-state index in [4.69, 9.17) is 11.5 Å². The van der Waals surface area contributed by atoms with Gasteiger partial charge >= 0.3 is 12.4 Å². The lowest BCUT2D eigenvalue weighted by atomic mass is 10.0. The first kappa shape index (κ1) is 29.3. The molecule has 0 unspecified atom stereocenters. The molecule has 0 aliphatic rings. The first-order chi connectivity index (χ1) is 15.9. The van der Waals surface area contributed by atoms with Crippen molar-refractivity contribution in [1.82, 2.24) is 5.32 Å². The molecule has 5 N–H and O–H groups in total. The summed E-state index contributed by atoms with van der Waals surface area (Å²) < 4.78 is 105. The standard InChI is InChI=1S/C20H20F8N6O/c1-10(16(32-9-30)34-11(2)31-8-15(7-29)18(3,21)22)33-17(35)12-4-13(19(23,24)25)6-14(5-12)20(26,27)28/h4-10H,2,29H2,1,3H3,(H,33,35)(H2,30,32,34)/b15-7+,31-8?/t10-/m0/s1. The summed E-state index contributed by atoms with van der Waals surface area (Å²) in [5, 5.41) is 2.13. The van der Waals surface area contributed by atoms with Gasteiger partial charge in [0.25, 0.3) is 11.8 Å². The van der Waals surface area contributed by atoms with Crippen LogP contribution in [0.1, 0.15) is 35.3 Å². The van der Waals surface area contributed by atoms with Crippen molar-refractivity contribution in [3.8, 4) is 0 Å². The van der Waals surface area contributed by atoms with Crippen molar-refractivity contribution in [1.29, 1.82) is 0 Å². The first-order valence-electron chi connectivity index (χ1n) is 9.36. The molecule has 0 aliphatic carbocycles. The van der Waals surface area contributed by atoms with E-state index in [1.165, 1.54) is 6.92 Å². The van der Waals surface area contributed by atoms with E-state index >= 15 is 0 Å². The largest absolute Gasteiger partial charge is 0.416 e. The monoisotopic (exact) mass is 512 g/mol. The molecular weight excluding hydrogens is 492 g/mol. The van der Waals surface area contributed by atoms with Gasteiger partial charge in [-0.2, -0.15) is 26.3 Å². The molecule has 0 aliphatic heterocycles. The normalized spacial score (nSPS) is 15.0. The molecule has 35 heavy (non-hydrogen) atoms. The molecule has 1 rings (SSSR count). The van der Waals surface area contributed by atoms with E-state index in [0.717, 1.165) is 6.34 Å². The number of carbonyl (C=O) groups is 1. The minimum absolute atomic E-state index is 0.127. The Hall–Kier alpha value is -3.78. The number of benzene rings is 1. The highest BCUT2D eigenvalue weighted by Crippen LogP contribution is 2.36. The maximum atomic E-state index is 13.3. The molecule has 0 aromatic heterocycles. The van der Waals surface area contributed by atoms with Crippen LogP contribution in [0.15, 0.2) is 57.3 Å². The fourth-order valence-electron chi connectivity index (χ4n) is 2.35. The summed E-state index contributed by atoms with van der Waals surface area (Å²) in [5.74, 6) is -5.40. The van der Waals surface area contributed by atoms with Crippen LogP contribution in [0.3, 0.4) is 0 Å². The molecule has 7 nitrogen and oxygen atoms in total. The molecule has 1 amide bonds. The molecule has 192 valence electrons. The van der Waals surface area contributed by atoms with Gasteiger partial charge in [-0.15, -0.1) is 0 Å². The van der Waals surface area contributed by atoms with Gasteiger partial charge < -0.3 is 16.8 Å². The van der Waals surface area contributed by atoms with E-state index in [2.05, 4.69) is 26.9 Å². The van der Waals surface area contributed by atoms with Gasteiger partial charge in [-0.3, -0.25) is 4.79 Å². The lowest BCUT2D eigenvalue weighted by molar-refractivity contribution is -0.143. The number of nitrogens with two attached hydrogens (primary N) is 2. The van der Waals surface area contributed by atoms with Gasteiger partial charge in [-0.05, 0) is 25.1 Å². The van der Waals surface area contributed by atoms with Gasteiger partial charge in [0.15, 0.2) is 5.84 Å². The van der Waals surface area contributed by atoms with E-state index in [1.54, 1.807) is 0 Å². The Bertz CT molecular complexity index is 1030. The predicted molar refractivity (Wildman–Crippen MR) is 114 cm³/mol. The number of hydrogen-bond donors (Lipinski definition) is 3. The van der Waals surface area contributed by atoms with Crippen molar-refractivity contribution in [2.75, 3.05) is 0 Å². The highest BCUT2D eigenvalue weighted by atomic mass is 19.4. The average molecular weight is 512 g/mol. The third-order valence-corrected chi connectivity index (χ3v) is 4.07. The van der Waals surface area contributed by atoms with Crippen LogP contribution in [0.5, 0.6) is 0 Å². The quantitative estimate of drug-likeness (QED) is 0.288. The van der Waals surface area contributed by atoms with Gasteiger partial charge in [-0.1, -0.05) is 6.58 Å². The van der Waals surface area contributed by atoms with Gasteiger partial charge in [-0.25, -0.2) is 23.8 Å². The van der Waals surface area contributed by atoms with E-state index in [9.17, 15) is 39.9 Å². The van der Waals surface area contributed by atoms with Crippen LogP contribution in [-0.2, 0) is 12.4 Å². The molecule has 0 fully saturated rings. The molecule has 0 spiro atoms. The fraction of sp³-hybridized carbons (Fsp3) is 0.300. The number of carbonyl (C=O) groups excluding carboxylic acids is 1. The fourth-order valence-corrected chi connectivity index (χ4v) is 2.35. The zero-order valence-corrected chi connectivity index (χ0v) is 18.2. The van der Waals surface area contributed by atoms with Gasteiger partial charge in [0, 0.05) is 24.9 Å². The van der Waals surface area contributed by atoms with E-state index in [0.29, 0.717) is 19.3 Å². The van der Waals surface area contributed by atoms with Crippen LogP contribution in [0.25, 0.3) is 0 Å². The van der Waals surface area contributed by atoms with Crippen molar-refractivity contribution in [3.63, 3.8) is 0 Å². The van der Waals surface area contributed by atoms with Crippen LogP contribution in [0.2, 0.25) is 0 Å². The lowest BCUT2D eigenvalue weighted by Gasteiger charge is -2.16. The summed E-state index contributed by atoms with van der Waals surface area (Å²) in [4.78, 5) is 23.4. The minimum atomic E-state index is -5.15. The highest BCUT2D eigenvalue weighted by molar-refractivity contribution is 6.00. The Morgan fingerprint density at radius 1 is 1.00 bits per heavy atom. The minimum Gasteiger partial charge on any atom is -0.404 e. The molecule has 0 heterocycles. The number of alkyl halides is 8. The van der Waals surface area contributed by atoms with Crippen molar-refractivity contribution in [2.45, 2.75) is 38.2 Å². The summed E-state index contributed by atoms with van der Waals surface area (Å²) in [6.07, 6.45) is -8.32. The summed E-state index contributed by atoms with van der Waals surface area (Å²) in [5.41, 5.74) is 5.32. The second-order valence-electron chi connectivity index (χ2n) is 6.92. The summed E-state index contributed by atoms with van der Waals surface area (Å²) in [6.45, 7) is 5.17. The Balaban J connectivity index is 3.25. The van der Waals surface area contributed by atoms with E-state index in [-0.39, 0.29) is 24.0 Å². The third-order valence-electron chi connectivity index (χ3n) is 4.07. The van der Waals surface area contributed by atoms with Crippen LogP contribution < -0.4 is 16.8 Å². The Morgan fingerprint density at radius 3 is 1.91 bits per heavy atom. The molecular formula is C20H20F8N6O. The number of halogens is 8. The molecule has 15 heteroatoms. The van der Waals surface area contributed by atoms with Crippen LogP contribution in [0, 0.1) is 0 Å². The topological polar surface area (TPSA) is 118 Å². The number of aliphatic imine (C=N–C) groups is 3. The Morgan fingerprint density at radius 2 is 1.51 bits per heavy atom. The summed E-state index contributed by atoms with van der Waals surface area (Å²) >= 11 is 0. The van der Waals surface area contributed by atoms with Gasteiger partial charge in [0.2, 0.25) is 0 Å². The van der Waals surface area contributed by atoms with E-state index in [1.807, 2.05) is 0 Å². The zero-order valence-electron chi connectivity index (χ0n) is 18.2. The van der Waals surface area contributed by atoms with Crippen LogP contribution in [-0.4, -0.2) is 36.3 Å². The van der Waals surface area contributed by atoms with Crippen molar-refractivity contribution in [3.05, 3.63) is 59.1 Å². The summed E-state index contributed by atoms with van der Waals surface area (Å²) in [6, 6.07) is -0.877. The first-order valence-corrected chi connectivity index (χ1v) is 9.36.